The molecular formula is C15H20N4O2S. The summed E-state index contributed by atoms with van der Waals surface area (Å²) < 4.78 is 27.0. The number of benzene rings is 1. The zero-order valence-electron chi connectivity index (χ0n) is 13.1. The van der Waals surface area contributed by atoms with Gasteiger partial charge in [-0.1, -0.05) is 12.1 Å². The topological polar surface area (TPSA) is 74.3 Å². The SMILES string of the molecule is Cc1cccc(Nc2ccc(NS(=O)(=O)N(C)C)cn2)c1C. The molecule has 1 aromatic carbocycles. The first-order chi connectivity index (χ1) is 10.3. The van der Waals surface area contributed by atoms with Gasteiger partial charge in [0.15, 0.2) is 0 Å². The van der Waals surface area contributed by atoms with Crippen LogP contribution in [0.25, 0.3) is 0 Å². The highest BCUT2D eigenvalue weighted by molar-refractivity contribution is 7.90. The van der Waals surface area contributed by atoms with Gasteiger partial charge in [0.2, 0.25) is 0 Å². The third-order valence-corrected chi connectivity index (χ3v) is 4.81. The molecule has 0 atom stereocenters. The molecule has 0 aliphatic heterocycles. The number of aromatic nitrogens is 1. The van der Waals surface area contributed by atoms with Crippen LogP contribution in [0.5, 0.6) is 0 Å². The summed E-state index contributed by atoms with van der Waals surface area (Å²) in [7, 11) is -0.583. The van der Waals surface area contributed by atoms with E-state index >= 15 is 0 Å². The maximum absolute atomic E-state index is 11.7. The highest BCUT2D eigenvalue weighted by Crippen LogP contribution is 2.22. The molecule has 7 heteroatoms. The average Bonchev–Trinajstić information content (AvgIpc) is 2.45. The normalized spacial score (nSPS) is 11.5. The van der Waals surface area contributed by atoms with Crippen molar-refractivity contribution in [2.75, 3.05) is 24.1 Å². The van der Waals surface area contributed by atoms with Crippen LogP contribution < -0.4 is 10.0 Å². The summed E-state index contributed by atoms with van der Waals surface area (Å²) in [6.07, 6.45) is 1.48. The quantitative estimate of drug-likeness (QED) is 0.888. The van der Waals surface area contributed by atoms with Crippen molar-refractivity contribution in [3.05, 3.63) is 47.7 Å². The van der Waals surface area contributed by atoms with E-state index in [1.807, 2.05) is 32.0 Å². The molecule has 0 bridgehead atoms. The van der Waals surface area contributed by atoms with Crippen LogP contribution in [-0.2, 0) is 10.2 Å². The lowest BCUT2D eigenvalue weighted by Gasteiger charge is -2.14. The summed E-state index contributed by atoms with van der Waals surface area (Å²) in [4.78, 5) is 4.23. The van der Waals surface area contributed by atoms with Crippen LogP contribution in [0.4, 0.5) is 17.2 Å². The number of aryl methyl sites for hydroxylation is 1. The Labute approximate surface area is 131 Å². The minimum atomic E-state index is -3.51. The van der Waals surface area contributed by atoms with Crippen LogP contribution in [0, 0.1) is 13.8 Å². The van der Waals surface area contributed by atoms with Crippen molar-refractivity contribution in [3.63, 3.8) is 0 Å². The molecule has 2 rings (SSSR count). The summed E-state index contributed by atoms with van der Waals surface area (Å²) in [5.74, 6) is 0.654. The number of rotatable bonds is 5. The first kappa shape index (κ1) is 16.3. The molecule has 0 saturated heterocycles. The minimum Gasteiger partial charge on any atom is -0.340 e. The number of hydrogen-bond donors (Lipinski definition) is 2. The Hall–Kier alpha value is -2.12. The molecule has 1 aromatic heterocycles. The van der Waals surface area contributed by atoms with Crippen LogP contribution in [-0.4, -0.2) is 31.8 Å². The smallest absolute Gasteiger partial charge is 0.301 e. The Bertz CT molecular complexity index is 756. The summed E-state index contributed by atoms with van der Waals surface area (Å²) in [5.41, 5.74) is 3.75. The highest BCUT2D eigenvalue weighted by atomic mass is 32.2. The molecule has 118 valence electrons. The second-order valence-corrected chi connectivity index (χ2v) is 7.08. The van der Waals surface area contributed by atoms with Crippen molar-refractivity contribution in [2.24, 2.45) is 0 Å². The average molecular weight is 320 g/mol. The molecule has 6 nitrogen and oxygen atoms in total. The van der Waals surface area contributed by atoms with E-state index in [2.05, 4.69) is 15.0 Å². The first-order valence-corrected chi connectivity index (χ1v) is 8.23. The van der Waals surface area contributed by atoms with Crippen LogP contribution in [0.15, 0.2) is 36.5 Å². The van der Waals surface area contributed by atoms with E-state index < -0.39 is 10.2 Å². The molecule has 0 aliphatic carbocycles. The van der Waals surface area contributed by atoms with Crippen molar-refractivity contribution in [2.45, 2.75) is 13.8 Å². The first-order valence-electron chi connectivity index (χ1n) is 6.79. The Balaban J connectivity index is 2.14. The standard InChI is InChI=1S/C15H20N4O2S/c1-11-6-5-7-14(12(11)2)17-15-9-8-13(10-16-15)18-22(20,21)19(3)4/h5-10,18H,1-4H3,(H,16,17). The molecule has 0 spiro atoms. The molecule has 2 aromatic rings. The van der Waals surface area contributed by atoms with Crippen molar-refractivity contribution in [1.82, 2.24) is 9.29 Å². The van der Waals surface area contributed by atoms with Gasteiger partial charge >= 0.3 is 10.2 Å². The molecule has 2 N–H and O–H groups in total. The second-order valence-electron chi connectivity index (χ2n) is 5.19. The number of pyridine rings is 1. The van der Waals surface area contributed by atoms with Crippen molar-refractivity contribution in [1.29, 1.82) is 0 Å². The lowest BCUT2D eigenvalue weighted by Crippen LogP contribution is -2.28. The van der Waals surface area contributed by atoms with E-state index in [1.165, 1.54) is 25.9 Å². The third kappa shape index (κ3) is 3.75. The van der Waals surface area contributed by atoms with Gasteiger partial charge in [-0.15, -0.1) is 0 Å². The number of anilines is 3. The van der Waals surface area contributed by atoms with Gasteiger partial charge in [0.05, 0.1) is 11.9 Å². The van der Waals surface area contributed by atoms with Gasteiger partial charge in [-0.2, -0.15) is 12.7 Å². The van der Waals surface area contributed by atoms with Gasteiger partial charge < -0.3 is 5.32 Å². The largest absolute Gasteiger partial charge is 0.340 e. The number of hydrogen-bond acceptors (Lipinski definition) is 4. The molecule has 0 unspecified atom stereocenters. The fourth-order valence-corrected chi connectivity index (χ4v) is 2.39. The Morgan fingerprint density at radius 1 is 1.09 bits per heavy atom. The van der Waals surface area contributed by atoms with Crippen LogP contribution >= 0.6 is 0 Å². The predicted molar refractivity (Wildman–Crippen MR) is 89.7 cm³/mol. The predicted octanol–water partition coefficient (Wildman–Crippen LogP) is 2.66. The van der Waals surface area contributed by atoms with Gasteiger partial charge in [0.25, 0.3) is 0 Å². The minimum absolute atomic E-state index is 0.417. The van der Waals surface area contributed by atoms with E-state index in [9.17, 15) is 8.42 Å². The second kappa shape index (κ2) is 6.33. The molecule has 1 heterocycles. The van der Waals surface area contributed by atoms with E-state index in [4.69, 9.17) is 0 Å². The van der Waals surface area contributed by atoms with Crippen LogP contribution in [0.2, 0.25) is 0 Å². The van der Waals surface area contributed by atoms with Gasteiger partial charge in [-0.3, -0.25) is 4.72 Å². The van der Waals surface area contributed by atoms with Crippen LogP contribution in [0.3, 0.4) is 0 Å². The van der Waals surface area contributed by atoms with Crippen LogP contribution in [0.1, 0.15) is 11.1 Å². The molecule has 0 radical (unpaired) electrons. The Kier molecular flexibility index (Phi) is 4.68. The van der Waals surface area contributed by atoms with Crippen molar-refractivity contribution >= 4 is 27.4 Å². The summed E-state index contributed by atoms with van der Waals surface area (Å²) in [6, 6.07) is 9.40. The number of nitrogens with zero attached hydrogens (tertiary/aromatic N) is 2. The Morgan fingerprint density at radius 3 is 2.41 bits per heavy atom. The summed E-state index contributed by atoms with van der Waals surface area (Å²) >= 11 is 0. The summed E-state index contributed by atoms with van der Waals surface area (Å²) in [6.45, 7) is 4.09. The van der Waals surface area contributed by atoms with Gasteiger partial charge in [-0.25, -0.2) is 4.98 Å². The Morgan fingerprint density at radius 2 is 1.82 bits per heavy atom. The third-order valence-electron chi connectivity index (χ3n) is 3.36. The molecule has 0 aliphatic rings. The fourth-order valence-electron chi connectivity index (χ4n) is 1.79. The lowest BCUT2D eigenvalue weighted by atomic mass is 10.1. The maximum atomic E-state index is 11.7. The zero-order valence-corrected chi connectivity index (χ0v) is 13.9. The van der Waals surface area contributed by atoms with E-state index in [0.717, 1.165) is 15.6 Å². The maximum Gasteiger partial charge on any atom is 0.301 e. The van der Waals surface area contributed by atoms with E-state index in [0.29, 0.717) is 11.5 Å². The number of nitrogens with one attached hydrogen (secondary N) is 2. The van der Waals surface area contributed by atoms with Gasteiger partial charge in [0.1, 0.15) is 5.82 Å². The van der Waals surface area contributed by atoms with E-state index in [1.54, 1.807) is 12.1 Å². The van der Waals surface area contributed by atoms with Crippen molar-refractivity contribution < 1.29 is 8.42 Å². The summed E-state index contributed by atoms with van der Waals surface area (Å²) in [5, 5.41) is 3.23. The van der Waals surface area contributed by atoms with Crippen molar-refractivity contribution in [3.8, 4) is 0 Å². The lowest BCUT2D eigenvalue weighted by molar-refractivity contribution is 0.527. The monoisotopic (exact) mass is 320 g/mol. The molecule has 22 heavy (non-hydrogen) atoms. The van der Waals surface area contributed by atoms with E-state index in [-0.39, 0.29) is 0 Å². The van der Waals surface area contributed by atoms with Gasteiger partial charge in [0, 0.05) is 19.8 Å². The molecule has 0 amide bonds. The van der Waals surface area contributed by atoms with Gasteiger partial charge in [-0.05, 0) is 43.2 Å². The fraction of sp³-hybridized carbons (Fsp3) is 0.267. The molecule has 0 fully saturated rings. The molecule has 0 saturated carbocycles. The highest BCUT2D eigenvalue weighted by Gasteiger charge is 2.13. The molecular weight excluding hydrogens is 300 g/mol. The zero-order chi connectivity index (χ0) is 16.3.